The molecule has 3 rings (SSSR count). The van der Waals surface area contributed by atoms with E-state index in [1.807, 2.05) is 31.0 Å². The van der Waals surface area contributed by atoms with Crippen LogP contribution in [0.1, 0.15) is 48.3 Å². The average molecular weight is 536 g/mol. The number of fused-ring (bicyclic) bond motifs is 1. The minimum Gasteiger partial charge on any atom is -0.395 e. The topological polar surface area (TPSA) is 142 Å². The monoisotopic (exact) mass is 535 g/mol. The molecule has 2 aliphatic heterocycles. The van der Waals surface area contributed by atoms with Crippen LogP contribution in [0.5, 0.6) is 0 Å². The van der Waals surface area contributed by atoms with Crippen LogP contribution in [0.3, 0.4) is 0 Å². The molecule has 3 N–H and O–H groups in total. The second kappa shape index (κ2) is 14.2. The van der Waals surface area contributed by atoms with E-state index < -0.39 is 6.03 Å². The van der Waals surface area contributed by atoms with Crippen LogP contribution in [-0.4, -0.2) is 84.5 Å². The molecule has 0 spiro atoms. The maximum Gasteiger partial charge on any atom is 0.327 e. The van der Waals surface area contributed by atoms with E-state index >= 15 is 0 Å². The molecule has 1 saturated heterocycles. The molecule has 1 fully saturated rings. The number of aromatic nitrogens is 1. The van der Waals surface area contributed by atoms with Crippen LogP contribution < -0.4 is 15.5 Å². The van der Waals surface area contributed by atoms with Gasteiger partial charge in [-0.2, -0.15) is 5.26 Å². The summed E-state index contributed by atoms with van der Waals surface area (Å²) in [6.07, 6.45) is 8.06. The number of hydrogen-bond acceptors (Lipinski definition) is 8. The van der Waals surface area contributed by atoms with E-state index in [0.29, 0.717) is 67.2 Å². The number of hydrogen-bond donors (Lipinski definition) is 3. The van der Waals surface area contributed by atoms with Gasteiger partial charge in [0.2, 0.25) is 5.91 Å². The summed E-state index contributed by atoms with van der Waals surface area (Å²) in [7, 11) is 1.90. The van der Waals surface area contributed by atoms with Gasteiger partial charge in [-0.05, 0) is 57.0 Å². The van der Waals surface area contributed by atoms with Gasteiger partial charge >= 0.3 is 6.03 Å². The molecule has 3 heterocycles. The Bertz CT molecular complexity index is 1210. The van der Waals surface area contributed by atoms with Crippen LogP contribution in [0.4, 0.5) is 10.6 Å². The highest BCUT2D eigenvalue weighted by Crippen LogP contribution is 2.28. The molecule has 1 aromatic heterocycles. The second-order valence-electron chi connectivity index (χ2n) is 9.60. The van der Waals surface area contributed by atoms with Gasteiger partial charge in [-0.3, -0.25) is 19.4 Å². The van der Waals surface area contributed by atoms with Crippen LogP contribution in [0.25, 0.3) is 0 Å². The molecule has 0 aromatic carbocycles. The zero-order chi connectivity index (χ0) is 28.4. The van der Waals surface area contributed by atoms with Crippen molar-refractivity contribution < 1.29 is 19.5 Å². The highest BCUT2D eigenvalue weighted by molar-refractivity contribution is 5.94. The number of pyridine rings is 1. The molecule has 0 radical (unpaired) electrons. The lowest BCUT2D eigenvalue weighted by Crippen LogP contribution is -2.48. The number of piperazine rings is 1. The number of aliphatic hydroxyl groups is 1. The van der Waals surface area contributed by atoms with Crippen molar-refractivity contribution in [3.63, 3.8) is 0 Å². The number of rotatable bonds is 10. The summed E-state index contributed by atoms with van der Waals surface area (Å²) >= 11 is 0. The Morgan fingerprint density at radius 2 is 2.10 bits per heavy atom. The van der Waals surface area contributed by atoms with Gasteiger partial charge in [0.15, 0.2) is 6.29 Å². The first-order valence-corrected chi connectivity index (χ1v) is 13.2. The van der Waals surface area contributed by atoms with Crippen LogP contribution in [0.2, 0.25) is 0 Å². The van der Waals surface area contributed by atoms with Crippen LogP contribution in [0, 0.1) is 11.3 Å². The summed E-state index contributed by atoms with van der Waals surface area (Å²) in [5, 5.41) is 24.7. The first kappa shape index (κ1) is 29.5. The van der Waals surface area contributed by atoms with E-state index in [9.17, 15) is 24.8 Å². The molecule has 1 aromatic rings. The van der Waals surface area contributed by atoms with Gasteiger partial charge in [-0.25, -0.2) is 9.78 Å². The van der Waals surface area contributed by atoms with Crippen molar-refractivity contribution in [3.05, 3.63) is 58.1 Å². The number of likely N-dealkylation sites (N-methyl/N-ethyl adjacent to an activating group) is 1. The molecule has 0 bridgehead atoms. The molecule has 3 amide bonds. The van der Waals surface area contributed by atoms with E-state index in [4.69, 9.17) is 0 Å². The third-order valence-electron chi connectivity index (χ3n) is 6.53. The Kier molecular flexibility index (Phi) is 10.8. The fourth-order valence-electron chi connectivity index (χ4n) is 4.51. The number of aliphatic hydroxyl groups excluding tert-OH is 1. The molecular weight excluding hydrogens is 498 g/mol. The van der Waals surface area contributed by atoms with Crippen molar-refractivity contribution in [1.29, 1.82) is 5.26 Å². The number of nitrogens with one attached hydrogen (secondary N) is 2. The van der Waals surface area contributed by atoms with Crippen LogP contribution >= 0.6 is 0 Å². The summed E-state index contributed by atoms with van der Waals surface area (Å²) in [5.74, 6) is 0.438. The third kappa shape index (κ3) is 7.75. The van der Waals surface area contributed by atoms with Crippen molar-refractivity contribution >= 4 is 24.0 Å². The van der Waals surface area contributed by atoms with E-state index in [1.165, 1.54) is 4.90 Å². The lowest BCUT2D eigenvalue weighted by atomic mass is 10.0. The summed E-state index contributed by atoms with van der Waals surface area (Å²) in [6, 6.07) is 3.63. The van der Waals surface area contributed by atoms with E-state index in [-0.39, 0.29) is 24.8 Å². The molecule has 208 valence electrons. The van der Waals surface area contributed by atoms with Crippen molar-refractivity contribution in [2.24, 2.45) is 0 Å². The maximum absolute atomic E-state index is 13.3. The zero-order valence-electron chi connectivity index (χ0n) is 22.9. The molecular formula is C28H37N7O4. The minimum atomic E-state index is -0.403. The fraction of sp³-hybridized carbons (Fsp3) is 0.464. The Morgan fingerprint density at radius 3 is 2.77 bits per heavy atom. The Balaban J connectivity index is 1.83. The predicted molar refractivity (Wildman–Crippen MR) is 148 cm³/mol. The second-order valence-corrected chi connectivity index (χ2v) is 9.60. The summed E-state index contributed by atoms with van der Waals surface area (Å²) in [6.45, 7) is 6.23. The molecule has 0 atom stereocenters. The lowest BCUT2D eigenvalue weighted by Gasteiger charge is -2.33. The van der Waals surface area contributed by atoms with Crippen LogP contribution in [-0.2, 0) is 17.8 Å². The number of nitriles is 1. The van der Waals surface area contributed by atoms with Gasteiger partial charge in [-0.1, -0.05) is 13.0 Å². The predicted octanol–water partition coefficient (Wildman–Crippen LogP) is 1.86. The van der Waals surface area contributed by atoms with Crippen molar-refractivity contribution in [2.75, 3.05) is 51.3 Å². The number of carbonyl (C=O) groups is 3. The summed E-state index contributed by atoms with van der Waals surface area (Å²) in [5.41, 5.74) is 3.09. The molecule has 0 saturated carbocycles. The average Bonchev–Trinajstić information content (AvgIpc) is 2.92. The van der Waals surface area contributed by atoms with Gasteiger partial charge in [0.25, 0.3) is 0 Å². The van der Waals surface area contributed by atoms with E-state index in [2.05, 4.69) is 21.7 Å². The number of aryl methyl sites for hydroxylation is 1. The van der Waals surface area contributed by atoms with Crippen molar-refractivity contribution in [3.8, 4) is 6.07 Å². The first-order valence-electron chi connectivity index (χ1n) is 13.2. The Labute approximate surface area is 229 Å². The van der Waals surface area contributed by atoms with Gasteiger partial charge in [0, 0.05) is 44.0 Å². The number of aldehydes is 1. The fourth-order valence-corrected chi connectivity index (χ4v) is 4.51. The SMILES string of the molecule is CC/C=C/C(C#N)=C(\C=C(/C)NC(=O)N1CCCc2cc(CN3CCN(C)CC3=O)c(C=O)nc21)NCCO. The smallest absolute Gasteiger partial charge is 0.327 e. The maximum atomic E-state index is 13.3. The van der Waals surface area contributed by atoms with Crippen molar-refractivity contribution in [2.45, 2.75) is 39.7 Å². The zero-order valence-corrected chi connectivity index (χ0v) is 22.9. The molecule has 0 aliphatic carbocycles. The van der Waals surface area contributed by atoms with Gasteiger partial charge in [-0.15, -0.1) is 0 Å². The van der Waals surface area contributed by atoms with Gasteiger partial charge in [0.1, 0.15) is 17.6 Å². The number of amides is 3. The highest BCUT2D eigenvalue weighted by atomic mass is 16.3. The molecule has 2 aliphatic rings. The number of anilines is 1. The Morgan fingerprint density at radius 1 is 1.31 bits per heavy atom. The molecule has 11 heteroatoms. The Hall–Kier alpha value is -4.01. The molecule has 11 nitrogen and oxygen atoms in total. The van der Waals surface area contributed by atoms with E-state index in [0.717, 1.165) is 24.9 Å². The van der Waals surface area contributed by atoms with Gasteiger partial charge < -0.3 is 20.6 Å². The minimum absolute atomic E-state index is 0.00761. The quantitative estimate of drug-likeness (QED) is 0.234. The van der Waals surface area contributed by atoms with Crippen molar-refractivity contribution in [1.82, 2.24) is 25.4 Å². The van der Waals surface area contributed by atoms with Crippen LogP contribution in [0.15, 0.2) is 41.3 Å². The summed E-state index contributed by atoms with van der Waals surface area (Å²) in [4.78, 5) is 47.5. The normalized spacial score (nSPS) is 17.0. The largest absolute Gasteiger partial charge is 0.395 e. The number of carbonyl (C=O) groups excluding carboxylic acids is 3. The summed E-state index contributed by atoms with van der Waals surface area (Å²) < 4.78 is 0. The van der Waals surface area contributed by atoms with E-state index in [1.54, 1.807) is 24.0 Å². The standard InChI is InChI=1S/C28H37N7O4/c1-4-5-7-22(16-29)24(30-9-13-36)14-20(2)31-28(39)35-10-6-8-21-15-23(25(19-37)32-27(21)35)17-34-12-11-33(3)18-26(34)38/h5,7,14-15,19,30,36H,4,6,8-13,17-18H2,1-3H3,(H,31,39)/b7-5+,20-14+,24-22-. The number of allylic oxidation sites excluding steroid dienone is 5. The van der Waals surface area contributed by atoms with Gasteiger partial charge in [0.05, 0.1) is 24.4 Å². The third-order valence-corrected chi connectivity index (χ3v) is 6.53. The number of nitrogens with zero attached hydrogens (tertiary/aromatic N) is 5. The lowest BCUT2D eigenvalue weighted by molar-refractivity contribution is -0.136. The highest BCUT2D eigenvalue weighted by Gasteiger charge is 2.28. The first-order chi connectivity index (χ1) is 18.8. The number of urea groups is 1. The molecule has 39 heavy (non-hydrogen) atoms. The molecule has 0 unspecified atom stereocenters.